The van der Waals surface area contributed by atoms with E-state index in [4.69, 9.17) is 14.6 Å². The molecule has 0 aromatic rings. The Balaban J connectivity index is 2.84. The third kappa shape index (κ3) is 3.90. The van der Waals surface area contributed by atoms with Crippen molar-refractivity contribution >= 4 is 5.97 Å². The van der Waals surface area contributed by atoms with Crippen molar-refractivity contribution < 1.29 is 44.5 Å². The summed E-state index contributed by atoms with van der Waals surface area (Å²) in [6.45, 7) is 2.37. The highest BCUT2D eigenvalue weighted by Gasteiger charge is 2.54. The van der Waals surface area contributed by atoms with Crippen LogP contribution in [0.25, 0.3) is 0 Å². The van der Waals surface area contributed by atoms with Crippen LogP contribution in [0.3, 0.4) is 0 Å². The van der Waals surface area contributed by atoms with Crippen molar-refractivity contribution in [2.75, 3.05) is 13.2 Å². The average molecular weight is 308 g/mol. The average Bonchev–Trinajstić information content (AvgIpc) is 2.47. The van der Waals surface area contributed by atoms with Crippen molar-refractivity contribution in [2.45, 2.75) is 44.2 Å². The number of rotatable bonds is 5. The third-order valence-electron chi connectivity index (χ3n) is 2.93. The van der Waals surface area contributed by atoms with E-state index >= 15 is 0 Å². The Hall–Kier alpha value is -1.23. The molecule has 9 heteroatoms. The monoisotopic (exact) mass is 308 g/mol. The number of carbonyl (C=O) groups excluding carboxylic acids is 1. The molecule has 122 valence electrons. The highest BCUT2D eigenvalue weighted by atomic mass is 16.8. The summed E-state index contributed by atoms with van der Waals surface area (Å²) < 4.78 is 14.3. The van der Waals surface area contributed by atoms with Crippen LogP contribution in [0, 0.1) is 0 Å². The highest BCUT2D eigenvalue weighted by molar-refractivity contribution is 5.87. The Kier molecular flexibility index (Phi) is 6.08. The second kappa shape index (κ2) is 7.16. The summed E-state index contributed by atoms with van der Waals surface area (Å²) in [7, 11) is 0. The zero-order chi connectivity index (χ0) is 16.2. The Morgan fingerprint density at radius 1 is 1.33 bits per heavy atom. The van der Waals surface area contributed by atoms with E-state index in [0.29, 0.717) is 0 Å². The number of aliphatic hydroxyl groups excluding tert-OH is 4. The van der Waals surface area contributed by atoms with Gasteiger partial charge < -0.3 is 39.7 Å². The Morgan fingerprint density at radius 3 is 2.48 bits per heavy atom. The van der Waals surface area contributed by atoms with E-state index in [2.05, 4.69) is 4.74 Å². The smallest absolute Gasteiger partial charge is 0.354 e. The summed E-state index contributed by atoms with van der Waals surface area (Å²) in [6.07, 6.45) is -6.01. The van der Waals surface area contributed by atoms with Crippen LogP contribution >= 0.6 is 0 Å². The highest BCUT2D eigenvalue weighted by Crippen LogP contribution is 2.29. The Labute approximate surface area is 121 Å². The maximum Gasteiger partial charge on any atom is 0.354 e. The first-order valence-corrected chi connectivity index (χ1v) is 6.33. The first kappa shape index (κ1) is 17.8. The number of hydrogen-bond acceptors (Lipinski definition) is 9. The van der Waals surface area contributed by atoms with E-state index in [1.165, 1.54) is 6.92 Å². The first-order chi connectivity index (χ1) is 9.76. The fourth-order valence-corrected chi connectivity index (χ4v) is 1.69. The Bertz CT molecular complexity index is 394. The van der Waals surface area contributed by atoms with Crippen LogP contribution in [0.1, 0.15) is 13.8 Å². The van der Waals surface area contributed by atoms with Crippen molar-refractivity contribution in [1.29, 1.82) is 0 Å². The molecule has 0 bridgehead atoms. The fraction of sp³-hybridized carbons (Fsp3) is 0.750. The summed E-state index contributed by atoms with van der Waals surface area (Å²) >= 11 is 0. The lowest BCUT2D eigenvalue weighted by Gasteiger charge is -2.43. The molecule has 0 aromatic heterocycles. The normalized spacial score (nSPS) is 37.2. The van der Waals surface area contributed by atoms with Crippen LogP contribution in [0.15, 0.2) is 11.8 Å². The molecule has 1 saturated heterocycles. The second-order valence-electron chi connectivity index (χ2n) is 4.53. The molecule has 0 radical (unpaired) electrons. The van der Waals surface area contributed by atoms with Crippen LogP contribution in [0.5, 0.6) is 0 Å². The van der Waals surface area contributed by atoms with E-state index in [0.717, 1.165) is 6.26 Å². The standard InChI is InChI=1S/C12H20O9/c1-3-19-11(17)6(2)5-20-12(18)10(16)9(15)8(14)7(4-13)21-12/h5,7-10,13-16,18H,3-4H2,1-2H3/b6-5+/t7-,8-,9+,10-,12?/m1/s1. The van der Waals surface area contributed by atoms with Gasteiger partial charge in [-0.05, 0) is 13.8 Å². The summed E-state index contributed by atoms with van der Waals surface area (Å²) in [4.78, 5) is 11.4. The minimum Gasteiger partial charge on any atom is -0.463 e. The van der Waals surface area contributed by atoms with Crippen molar-refractivity contribution in [3.05, 3.63) is 11.8 Å². The van der Waals surface area contributed by atoms with Gasteiger partial charge in [0.05, 0.1) is 25.0 Å². The molecule has 21 heavy (non-hydrogen) atoms. The first-order valence-electron chi connectivity index (χ1n) is 6.33. The molecular weight excluding hydrogens is 288 g/mol. The second-order valence-corrected chi connectivity index (χ2v) is 4.53. The predicted octanol–water partition coefficient (Wildman–Crippen LogP) is -2.41. The van der Waals surface area contributed by atoms with Gasteiger partial charge in [-0.2, -0.15) is 0 Å². The number of aliphatic hydroxyl groups is 5. The van der Waals surface area contributed by atoms with E-state index < -0.39 is 43.0 Å². The quantitative estimate of drug-likeness (QED) is 0.162. The van der Waals surface area contributed by atoms with Gasteiger partial charge in [-0.3, -0.25) is 0 Å². The predicted molar refractivity (Wildman–Crippen MR) is 66.4 cm³/mol. The number of carbonyl (C=O) groups is 1. The molecular formula is C12H20O9. The van der Waals surface area contributed by atoms with Gasteiger partial charge in [-0.1, -0.05) is 0 Å². The molecule has 1 fully saturated rings. The molecule has 0 amide bonds. The molecule has 1 aliphatic heterocycles. The van der Waals surface area contributed by atoms with Gasteiger partial charge in [0.1, 0.15) is 18.3 Å². The van der Waals surface area contributed by atoms with Crippen molar-refractivity contribution in [3.63, 3.8) is 0 Å². The molecule has 0 aliphatic carbocycles. The molecule has 1 heterocycles. The lowest BCUT2D eigenvalue weighted by molar-refractivity contribution is -0.435. The van der Waals surface area contributed by atoms with Crippen LogP contribution in [-0.2, 0) is 19.0 Å². The minimum absolute atomic E-state index is 0.0257. The summed E-state index contributed by atoms with van der Waals surface area (Å²) in [5.41, 5.74) is -0.0257. The fourth-order valence-electron chi connectivity index (χ4n) is 1.69. The number of hydrogen-bond donors (Lipinski definition) is 5. The lowest BCUT2D eigenvalue weighted by atomic mass is 9.98. The molecule has 0 saturated carbocycles. The summed E-state index contributed by atoms with van der Waals surface area (Å²) in [5.74, 6) is -3.43. The van der Waals surface area contributed by atoms with Crippen LogP contribution < -0.4 is 0 Å². The van der Waals surface area contributed by atoms with Gasteiger partial charge in [-0.25, -0.2) is 4.79 Å². The zero-order valence-corrected chi connectivity index (χ0v) is 11.7. The third-order valence-corrected chi connectivity index (χ3v) is 2.93. The van der Waals surface area contributed by atoms with Gasteiger partial charge in [-0.15, -0.1) is 0 Å². The van der Waals surface area contributed by atoms with E-state index in [1.807, 2.05) is 0 Å². The molecule has 0 spiro atoms. The maximum absolute atomic E-state index is 11.4. The van der Waals surface area contributed by atoms with Crippen LogP contribution in [-0.4, -0.2) is 75.1 Å². The van der Waals surface area contributed by atoms with Crippen LogP contribution in [0.2, 0.25) is 0 Å². The van der Waals surface area contributed by atoms with Crippen molar-refractivity contribution in [1.82, 2.24) is 0 Å². The molecule has 1 aliphatic rings. The van der Waals surface area contributed by atoms with Gasteiger partial charge in [0, 0.05) is 0 Å². The van der Waals surface area contributed by atoms with E-state index in [9.17, 15) is 25.2 Å². The van der Waals surface area contributed by atoms with Gasteiger partial charge >= 0.3 is 11.9 Å². The molecule has 1 rings (SSSR count). The Morgan fingerprint density at radius 2 is 1.95 bits per heavy atom. The SMILES string of the molecule is CCOC(=O)/C(C)=C/OC1(O)O[C@H](CO)[C@@H](O)[C@H](O)[C@H]1O. The molecule has 1 unspecified atom stereocenters. The molecule has 0 aromatic carbocycles. The number of ether oxygens (including phenoxy) is 3. The molecule has 5 atom stereocenters. The van der Waals surface area contributed by atoms with Gasteiger partial charge in [0.2, 0.25) is 0 Å². The largest absolute Gasteiger partial charge is 0.463 e. The van der Waals surface area contributed by atoms with Gasteiger partial charge in [0.15, 0.2) is 6.10 Å². The number of esters is 1. The molecule has 9 nitrogen and oxygen atoms in total. The van der Waals surface area contributed by atoms with Gasteiger partial charge in [0.25, 0.3) is 0 Å². The van der Waals surface area contributed by atoms with Crippen molar-refractivity contribution in [2.24, 2.45) is 0 Å². The summed E-state index contributed by atoms with van der Waals surface area (Å²) in [5, 5.41) is 47.8. The zero-order valence-electron chi connectivity index (χ0n) is 11.7. The van der Waals surface area contributed by atoms with Crippen LogP contribution in [0.4, 0.5) is 0 Å². The summed E-state index contributed by atoms with van der Waals surface area (Å²) in [6, 6.07) is 0. The molecule has 5 N–H and O–H groups in total. The van der Waals surface area contributed by atoms with E-state index in [1.54, 1.807) is 6.92 Å². The lowest BCUT2D eigenvalue weighted by Crippen LogP contribution is -2.65. The topological polar surface area (TPSA) is 146 Å². The maximum atomic E-state index is 11.4. The minimum atomic E-state index is -2.72. The van der Waals surface area contributed by atoms with Crippen molar-refractivity contribution in [3.8, 4) is 0 Å². The van der Waals surface area contributed by atoms with E-state index in [-0.39, 0.29) is 12.2 Å².